The Morgan fingerprint density at radius 3 is 2.32 bits per heavy atom. The quantitative estimate of drug-likeness (QED) is 0.0825. The lowest BCUT2D eigenvalue weighted by Crippen LogP contribution is -2.35. The molecule has 69 heavy (non-hydrogen) atoms. The Morgan fingerprint density at radius 1 is 0.797 bits per heavy atom. The molecule has 2 aliphatic rings. The van der Waals surface area contributed by atoms with Crippen LogP contribution in [0.25, 0.3) is 27.3 Å². The molecular formula is C56H59ClN6O5S. The lowest BCUT2D eigenvalue weighted by molar-refractivity contribution is 0.0993. The lowest BCUT2D eigenvalue weighted by atomic mass is 9.96. The molecule has 0 saturated carbocycles. The second kappa shape index (κ2) is 21.1. The molecule has 13 heteroatoms. The van der Waals surface area contributed by atoms with Gasteiger partial charge in [0.05, 0.1) is 19.9 Å². The van der Waals surface area contributed by atoms with Crippen LogP contribution in [0.1, 0.15) is 74.4 Å². The number of aryl methyl sites for hydroxylation is 2. The number of aliphatic imine (C=N–C) groups is 1. The zero-order chi connectivity index (χ0) is 48.2. The third-order valence-corrected chi connectivity index (χ3v) is 14.8. The van der Waals surface area contributed by atoms with Gasteiger partial charge >= 0.3 is 0 Å². The maximum absolute atomic E-state index is 13.7. The molecule has 0 aliphatic carbocycles. The van der Waals surface area contributed by atoms with Crippen LogP contribution in [0.4, 0.5) is 0 Å². The minimum atomic E-state index is -0.217. The van der Waals surface area contributed by atoms with E-state index in [1.165, 1.54) is 10.4 Å². The Morgan fingerprint density at radius 2 is 1.57 bits per heavy atom. The summed E-state index contributed by atoms with van der Waals surface area (Å²) in [5, 5.41) is 11.1. The Balaban J connectivity index is 0.905. The van der Waals surface area contributed by atoms with E-state index in [2.05, 4.69) is 77.7 Å². The highest BCUT2D eigenvalue weighted by atomic mass is 35.5. The average molecular weight is 964 g/mol. The molecule has 0 amide bonds. The van der Waals surface area contributed by atoms with Crippen molar-refractivity contribution >= 4 is 34.4 Å². The summed E-state index contributed by atoms with van der Waals surface area (Å²) in [5.74, 6) is 4.69. The summed E-state index contributed by atoms with van der Waals surface area (Å²) in [6.45, 7) is 10.3. The van der Waals surface area contributed by atoms with E-state index in [0.29, 0.717) is 29.5 Å². The molecule has 1 saturated heterocycles. The summed E-state index contributed by atoms with van der Waals surface area (Å²) < 4.78 is 26.6. The number of benzene rings is 5. The summed E-state index contributed by atoms with van der Waals surface area (Å²) >= 11 is 8.11. The predicted octanol–water partition coefficient (Wildman–Crippen LogP) is 11.5. The van der Waals surface area contributed by atoms with Crippen molar-refractivity contribution in [3.8, 4) is 50.3 Å². The topological polar surface area (TPSA) is 104 Å². The van der Waals surface area contributed by atoms with Crippen molar-refractivity contribution in [1.82, 2.24) is 24.6 Å². The molecule has 0 unspecified atom stereocenters. The molecule has 1 fully saturated rings. The number of ketones is 1. The van der Waals surface area contributed by atoms with E-state index in [1.807, 2.05) is 85.8 Å². The summed E-state index contributed by atoms with van der Waals surface area (Å²) in [4.78, 5) is 25.1. The maximum Gasteiger partial charge on any atom is 0.167 e. The fourth-order valence-electron chi connectivity index (χ4n) is 9.17. The second-order valence-electron chi connectivity index (χ2n) is 18.1. The van der Waals surface area contributed by atoms with Gasteiger partial charge in [0.2, 0.25) is 0 Å². The predicted molar refractivity (Wildman–Crippen MR) is 277 cm³/mol. The number of carbonyl (C=O) groups is 1. The van der Waals surface area contributed by atoms with Gasteiger partial charge in [-0.05, 0) is 131 Å². The van der Waals surface area contributed by atoms with Gasteiger partial charge in [-0.2, -0.15) is 0 Å². The van der Waals surface area contributed by atoms with Crippen LogP contribution < -0.4 is 18.9 Å². The van der Waals surface area contributed by atoms with Gasteiger partial charge in [0.15, 0.2) is 11.6 Å². The molecule has 0 N–H and O–H groups in total. The summed E-state index contributed by atoms with van der Waals surface area (Å²) in [6, 6.07) is 35.4. The van der Waals surface area contributed by atoms with Crippen LogP contribution in [0, 0.1) is 20.8 Å². The molecule has 5 aromatic carbocycles. The first-order chi connectivity index (χ1) is 33.5. The molecule has 356 valence electrons. The second-order valence-corrected chi connectivity index (χ2v) is 19.7. The van der Waals surface area contributed by atoms with E-state index in [4.69, 9.17) is 40.6 Å². The number of Topliss-reactive ketones (excluding diaryl/α,β-unsaturated/α-hetero) is 1. The normalized spacial score (nSPS) is 15.0. The smallest absolute Gasteiger partial charge is 0.167 e. The number of hydrogen-bond donors (Lipinski definition) is 0. The van der Waals surface area contributed by atoms with Crippen molar-refractivity contribution in [2.75, 3.05) is 61.1 Å². The van der Waals surface area contributed by atoms with Crippen LogP contribution in [-0.2, 0) is 6.42 Å². The zero-order valence-electron chi connectivity index (χ0n) is 40.4. The number of thiophene rings is 1. The number of likely N-dealkylation sites (tertiary alicyclic amines) is 1. The molecule has 7 aromatic rings. The number of halogens is 1. The van der Waals surface area contributed by atoms with Crippen molar-refractivity contribution < 1.29 is 23.7 Å². The third-order valence-electron chi connectivity index (χ3n) is 13.3. The highest BCUT2D eigenvalue weighted by Gasteiger charge is 2.31. The number of methoxy groups -OCH3 is 2. The highest BCUT2D eigenvalue weighted by molar-refractivity contribution is 7.15. The third kappa shape index (κ3) is 10.6. The molecule has 0 radical (unpaired) electrons. The Labute approximate surface area is 414 Å². The first-order valence-corrected chi connectivity index (χ1v) is 24.8. The molecule has 4 heterocycles. The van der Waals surface area contributed by atoms with Gasteiger partial charge in [-0.3, -0.25) is 14.4 Å². The summed E-state index contributed by atoms with van der Waals surface area (Å²) in [6.07, 6.45) is 3.10. The van der Waals surface area contributed by atoms with Crippen LogP contribution >= 0.6 is 22.9 Å². The number of likely N-dealkylation sites (N-methyl/N-ethyl adjacent to an activating group) is 1. The number of rotatable bonds is 17. The Kier molecular flexibility index (Phi) is 14.6. The number of piperidine rings is 1. The number of fused-ring (bicyclic) bond motifs is 3. The van der Waals surface area contributed by atoms with E-state index in [1.54, 1.807) is 25.6 Å². The van der Waals surface area contributed by atoms with Crippen molar-refractivity contribution in [1.29, 1.82) is 0 Å². The van der Waals surface area contributed by atoms with Crippen LogP contribution in [0.3, 0.4) is 0 Å². The van der Waals surface area contributed by atoms with Gasteiger partial charge in [-0.1, -0.05) is 60.1 Å². The molecule has 2 aromatic heterocycles. The Hall–Kier alpha value is -6.31. The Bertz CT molecular complexity index is 2970. The van der Waals surface area contributed by atoms with E-state index >= 15 is 0 Å². The van der Waals surface area contributed by atoms with Gasteiger partial charge in [-0.15, -0.1) is 21.5 Å². The monoisotopic (exact) mass is 962 g/mol. The van der Waals surface area contributed by atoms with E-state index in [0.717, 1.165) is 117 Å². The van der Waals surface area contributed by atoms with E-state index in [-0.39, 0.29) is 24.3 Å². The van der Waals surface area contributed by atoms with Crippen molar-refractivity contribution in [3.63, 3.8) is 0 Å². The van der Waals surface area contributed by atoms with Gasteiger partial charge in [0, 0.05) is 76.4 Å². The molecule has 2 aliphatic heterocycles. The van der Waals surface area contributed by atoms with Gasteiger partial charge in [0.25, 0.3) is 0 Å². The van der Waals surface area contributed by atoms with Gasteiger partial charge < -0.3 is 28.7 Å². The van der Waals surface area contributed by atoms with Crippen molar-refractivity contribution in [2.45, 2.75) is 58.6 Å². The molecule has 1 atom stereocenters. The number of nitrogens with zero attached hydrogens (tertiary/aromatic N) is 6. The fourth-order valence-corrected chi connectivity index (χ4v) is 10.5. The highest BCUT2D eigenvalue weighted by Crippen LogP contribution is 2.40. The summed E-state index contributed by atoms with van der Waals surface area (Å²) in [7, 11) is 7.56. The molecule has 0 spiro atoms. The number of carbonyl (C=O) groups excluding carboxylic acids is 1. The number of aromatic nitrogens is 3. The molecule has 0 bridgehead atoms. The SMILES string of the molecule is COc1cccc(-c2cc(C(=O)Cc3ccc(-c4ccc(OC5CCN(C)CC5)cc4OCCN(C)CC[C@@H]4N=C(c5ccc(Cl)cc5)c5c(sc(C)c5C)-n5c(C)nnc54)cc3)ccc2OC)c1. The minimum Gasteiger partial charge on any atom is -0.497 e. The van der Waals surface area contributed by atoms with Crippen LogP contribution in [0.5, 0.6) is 23.0 Å². The minimum absolute atomic E-state index is 0.0182. The zero-order valence-corrected chi connectivity index (χ0v) is 42.0. The molecule has 11 nitrogen and oxygen atoms in total. The van der Waals surface area contributed by atoms with Crippen molar-refractivity contribution in [3.05, 3.63) is 159 Å². The van der Waals surface area contributed by atoms with E-state index < -0.39 is 0 Å². The number of ether oxygens (including phenoxy) is 4. The maximum atomic E-state index is 13.7. The molecular weight excluding hydrogens is 904 g/mol. The first kappa shape index (κ1) is 47.7. The lowest BCUT2D eigenvalue weighted by Gasteiger charge is -2.29. The van der Waals surface area contributed by atoms with Gasteiger partial charge in [-0.25, -0.2) is 0 Å². The van der Waals surface area contributed by atoms with E-state index in [9.17, 15) is 4.79 Å². The van der Waals surface area contributed by atoms with Crippen LogP contribution in [0.15, 0.2) is 114 Å². The van der Waals surface area contributed by atoms with Crippen LogP contribution in [-0.4, -0.2) is 103 Å². The van der Waals surface area contributed by atoms with Crippen molar-refractivity contribution in [2.24, 2.45) is 4.99 Å². The standard InChI is InChI=1S/C56H59ClN6O5S/c1-35-36(2)69-56-53(35)54(40-15-18-43(57)19-16-40)58-49(55-60-59-37(3)63(55)56)25-28-62(5)29-30-67-52-34-46(68-44-23-26-61(4)27-24-44)20-21-47(52)39-13-11-38(12-14-39)31-50(64)42-17-22-51(66-7)48(33-42)41-9-8-10-45(32-41)65-6/h8-22,32-34,44,49H,23-31H2,1-7H3/t49-/m0/s1. The summed E-state index contributed by atoms with van der Waals surface area (Å²) in [5.41, 5.74) is 9.55. The average Bonchev–Trinajstić information content (AvgIpc) is 3.84. The van der Waals surface area contributed by atoms with Gasteiger partial charge in [0.1, 0.15) is 52.6 Å². The van der Waals surface area contributed by atoms with Crippen LogP contribution in [0.2, 0.25) is 5.02 Å². The largest absolute Gasteiger partial charge is 0.497 e. The fraction of sp³-hybridized carbons (Fsp3) is 0.321. The first-order valence-electron chi connectivity index (χ1n) is 23.6. The molecule has 9 rings (SSSR count). The number of hydrogen-bond acceptors (Lipinski definition) is 11.